The second kappa shape index (κ2) is 9.99. The van der Waals surface area contributed by atoms with Crippen LogP contribution in [0.15, 0.2) is 42.5 Å². The zero-order valence-electron chi connectivity index (χ0n) is 21.2. The highest BCUT2D eigenvalue weighted by molar-refractivity contribution is 5.92. The monoisotopic (exact) mass is 488 g/mol. The predicted molar refractivity (Wildman–Crippen MR) is 136 cm³/mol. The molecule has 0 radical (unpaired) electrons. The standard InChI is InChI=1S/C27H32N6O3/c1-5-36-26(35)32(4)27(2,25(34)33-14-6-7-15-33)20-12-13-22-21(16-20)30-24(31(22)3)23(29)19-10-8-18(17-28)9-11-19/h8-13,16,23H,5-7,14-15,29H2,1-4H3. The molecule has 2 heterocycles. The molecule has 1 aromatic heterocycles. The van der Waals surface area contributed by atoms with Crippen molar-refractivity contribution in [2.45, 2.75) is 38.3 Å². The van der Waals surface area contributed by atoms with Crippen molar-refractivity contribution in [3.63, 3.8) is 0 Å². The van der Waals surface area contributed by atoms with Gasteiger partial charge in [-0.2, -0.15) is 5.26 Å². The van der Waals surface area contributed by atoms with Gasteiger partial charge in [0.25, 0.3) is 5.91 Å². The number of amides is 2. The number of rotatable bonds is 6. The van der Waals surface area contributed by atoms with Crippen LogP contribution >= 0.6 is 0 Å². The minimum absolute atomic E-state index is 0.139. The van der Waals surface area contributed by atoms with Crippen LogP contribution in [0.25, 0.3) is 11.0 Å². The first-order valence-corrected chi connectivity index (χ1v) is 12.1. The van der Waals surface area contributed by atoms with E-state index in [1.807, 2.05) is 46.8 Å². The molecule has 2 N–H and O–H groups in total. The van der Waals surface area contributed by atoms with E-state index in [0.29, 0.717) is 35.6 Å². The lowest BCUT2D eigenvalue weighted by Crippen LogP contribution is -2.55. The molecule has 1 fully saturated rings. The number of hydrogen-bond acceptors (Lipinski definition) is 6. The van der Waals surface area contributed by atoms with E-state index in [9.17, 15) is 9.59 Å². The van der Waals surface area contributed by atoms with Crippen LogP contribution in [0.2, 0.25) is 0 Å². The number of benzene rings is 2. The molecule has 1 saturated heterocycles. The molecule has 1 aliphatic rings. The molecule has 9 nitrogen and oxygen atoms in total. The van der Waals surface area contributed by atoms with Crippen LogP contribution in [0.5, 0.6) is 0 Å². The van der Waals surface area contributed by atoms with Crippen LogP contribution in [-0.4, -0.2) is 58.1 Å². The smallest absolute Gasteiger partial charge is 0.410 e. The molecule has 2 unspecified atom stereocenters. The Morgan fingerprint density at radius 2 is 1.89 bits per heavy atom. The van der Waals surface area contributed by atoms with Gasteiger partial charge in [0.05, 0.1) is 35.3 Å². The van der Waals surface area contributed by atoms with Crippen molar-refractivity contribution in [3.05, 3.63) is 65.0 Å². The molecular formula is C27H32N6O3. The summed E-state index contributed by atoms with van der Waals surface area (Å²) in [7, 11) is 3.49. The van der Waals surface area contributed by atoms with Gasteiger partial charge in [-0.25, -0.2) is 9.78 Å². The molecule has 0 spiro atoms. The first-order chi connectivity index (χ1) is 17.2. The van der Waals surface area contributed by atoms with Gasteiger partial charge in [0.1, 0.15) is 11.4 Å². The van der Waals surface area contributed by atoms with Gasteiger partial charge in [-0.1, -0.05) is 18.2 Å². The van der Waals surface area contributed by atoms with Crippen molar-refractivity contribution in [2.24, 2.45) is 12.8 Å². The fraction of sp³-hybridized carbons (Fsp3) is 0.407. The largest absolute Gasteiger partial charge is 0.450 e. The lowest BCUT2D eigenvalue weighted by molar-refractivity contribution is -0.141. The first kappa shape index (κ1) is 25.2. The third kappa shape index (κ3) is 4.29. The highest BCUT2D eigenvalue weighted by Gasteiger charge is 2.45. The van der Waals surface area contributed by atoms with Crippen LogP contribution in [-0.2, 0) is 22.1 Å². The first-order valence-electron chi connectivity index (χ1n) is 12.1. The maximum absolute atomic E-state index is 13.8. The van der Waals surface area contributed by atoms with Crippen molar-refractivity contribution >= 4 is 23.0 Å². The fourth-order valence-corrected chi connectivity index (χ4v) is 4.81. The van der Waals surface area contributed by atoms with Gasteiger partial charge in [0.15, 0.2) is 0 Å². The van der Waals surface area contributed by atoms with Crippen LogP contribution in [0, 0.1) is 11.3 Å². The fourth-order valence-electron chi connectivity index (χ4n) is 4.81. The number of nitriles is 1. The SMILES string of the molecule is CCOC(=O)N(C)C(C)(C(=O)N1CCCC1)c1ccc2c(c1)nc(C(N)c1ccc(C#N)cc1)n2C. The predicted octanol–water partition coefficient (Wildman–Crippen LogP) is 3.42. The molecule has 0 saturated carbocycles. The number of ether oxygens (including phenoxy) is 1. The van der Waals surface area contributed by atoms with Gasteiger partial charge in [0, 0.05) is 27.2 Å². The highest BCUT2D eigenvalue weighted by atomic mass is 16.6. The molecule has 3 aromatic rings. The average Bonchev–Trinajstić information content (AvgIpc) is 3.55. The second-order valence-corrected chi connectivity index (χ2v) is 9.27. The number of carbonyl (C=O) groups excluding carboxylic acids is 2. The van der Waals surface area contributed by atoms with E-state index in [-0.39, 0.29) is 12.5 Å². The third-order valence-corrected chi connectivity index (χ3v) is 7.18. The molecule has 0 bridgehead atoms. The van der Waals surface area contributed by atoms with Crippen molar-refractivity contribution in [3.8, 4) is 6.07 Å². The summed E-state index contributed by atoms with van der Waals surface area (Å²) >= 11 is 0. The van der Waals surface area contributed by atoms with Gasteiger partial charge in [-0.15, -0.1) is 0 Å². The third-order valence-electron chi connectivity index (χ3n) is 7.18. The Balaban J connectivity index is 1.77. The molecule has 2 aromatic carbocycles. The Morgan fingerprint density at radius 1 is 1.22 bits per heavy atom. The van der Waals surface area contributed by atoms with E-state index in [0.717, 1.165) is 23.9 Å². The molecule has 0 aliphatic carbocycles. The Hall–Kier alpha value is -3.90. The van der Waals surface area contributed by atoms with Crippen molar-refractivity contribution < 1.29 is 14.3 Å². The molecule has 2 atom stereocenters. The summed E-state index contributed by atoms with van der Waals surface area (Å²) in [6.07, 6.45) is 1.33. The Labute approximate surface area is 211 Å². The molecule has 1 aliphatic heterocycles. The van der Waals surface area contributed by atoms with Crippen molar-refractivity contribution in [1.29, 1.82) is 5.26 Å². The summed E-state index contributed by atoms with van der Waals surface area (Å²) in [5.74, 6) is 0.513. The van der Waals surface area contributed by atoms with Gasteiger partial charge in [-0.3, -0.25) is 9.69 Å². The number of hydrogen-bond donors (Lipinski definition) is 1. The van der Waals surface area contributed by atoms with E-state index in [1.54, 1.807) is 33.0 Å². The summed E-state index contributed by atoms with van der Waals surface area (Å²) in [6.45, 7) is 5.05. The Bertz CT molecular complexity index is 1320. The molecular weight excluding hydrogens is 456 g/mol. The minimum Gasteiger partial charge on any atom is -0.450 e. The molecule has 36 heavy (non-hydrogen) atoms. The summed E-state index contributed by atoms with van der Waals surface area (Å²) in [6, 6.07) is 14.4. The number of fused-ring (bicyclic) bond motifs is 1. The lowest BCUT2D eigenvalue weighted by Gasteiger charge is -2.39. The Kier molecular flexibility index (Phi) is 7.00. The number of aryl methyl sites for hydroxylation is 1. The van der Waals surface area contributed by atoms with Gasteiger partial charge in [-0.05, 0) is 62.1 Å². The maximum atomic E-state index is 13.8. The highest BCUT2D eigenvalue weighted by Crippen LogP contribution is 2.34. The summed E-state index contributed by atoms with van der Waals surface area (Å²) < 4.78 is 7.18. The molecule has 2 amide bonds. The zero-order chi connectivity index (χ0) is 26.0. The van der Waals surface area contributed by atoms with Crippen LogP contribution in [0.4, 0.5) is 4.79 Å². The quantitative estimate of drug-likeness (QED) is 0.568. The number of nitrogens with zero attached hydrogens (tertiary/aromatic N) is 5. The maximum Gasteiger partial charge on any atom is 0.410 e. The van der Waals surface area contributed by atoms with Crippen LogP contribution in [0.3, 0.4) is 0 Å². The number of aromatic nitrogens is 2. The summed E-state index contributed by atoms with van der Waals surface area (Å²) in [5.41, 5.74) is 8.87. The minimum atomic E-state index is -1.27. The summed E-state index contributed by atoms with van der Waals surface area (Å²) in [5, 5.41) is 9.07. The van der Waals surface area contributed by atoms with E-state index in [4.69, 9.17) is 20.7 Å². The number of likely N-dealkylation sites (tertiary alicyclic amines) is 1. The number of carbonyl (C=O) groups is 2. The Morgan fingerprint density at radius 3 is 2.50 bits per heavy atom. The van der Waals surface area contributed by atoms with Crippen LogP contribution in [0.1, 0.15) is 55.2 Å². The van der Waals surface area contributed by atoms with E-state index in [2.05, 4.69) is 6.07 Å². The molecule has 188 valence electrons. The van der Waals surface area contributed by atoms with E-state index >= 15 is 0 Å². The zero-order valence-corrected chi connectivity index (χ0v) is 21.2. The van der Waals surface area contributed by atoms with Gasteiger partial charge in [0.2, 0.25) is 0 Å². The van der Waals surface area contributed by atoms with Gasteiger partial charge < -0.3 is 19.9 Å². The van der Waals surface area contributed by atoms with Crippen molar-refractivity contribution in [1.82, 2.24) is 19.4 Å². The van der Waals surface area contributed by atoms with Crippen LogP contribution < -0.4 is 5.73 Å². The lowest BCUT2D eigenvalue weighted by atomic mass is 9.88. The summed E-state index contributed by atoms with van der Waals surface area (Å²) in [4.78, 5) is 34.6. The van der Waals surface area contributed by atoms with Gasteiger partial charge >= 0.3 is 6.09 Å². The second-order valence-electron chi connectivity index (χ2n) is 9.27. The van der Waals surface area contributed by atoms with E-state index in [1.165, 1.54) is 4.90 Å². The normalized spacial score (nSPS) is 15.8. The number of likely N-dealkylation sites (N-methyl/N-ethyl adjacent to an activating group) is 1. The van der Waals surface area contributed by atoms with E-state index < -0.39 is 17.7 Å². The average molecular weight is 489 g/mol. The number of nitrogens with two attached hydrogens (primary N) is 1. The molecule has 9 heteroatoms. The number of imidazole rings is 1. The topological polar surface area (TPSA) is 117 Å². The van der Waals surface area contributed by atoms with Crippen molar-refractivity contribution in [2.75, 3.05) is 26.7 Å². The molecule has 4 rings (SSSR count).